The third-order valence-corrected chi connectivity index (χ3v) is 3.70. The molecule has 0 bridgehead atoms. The molecule has 4 N–H and O–H groups in total. The molecular weight excluding hydrogens is 240 g/mol. The van der Waals surface area contributed by atoms with Crippen LogP contribution in [0.3, 0.4) is 0 Å². The SMILES string of the molecule is NCCc1ccc(C(=O)NC2CCCCC2O)cc1. The summed E-state index contributed by atoms with van der Waals surface area (Å²) in [4.78, 5) is 12.1. The van der Waals surface area contributed by atoms with Gasteiger partial charge in [-0.1, -0.05) is 25.0 Å². The van der Waals surface area contributed by atoms with E-state index in [1.54, 1.807) is 0 Å². The molecule has 2 unspecified atom stereocenters. The maximum Gasteiger partial charge on any atom is 0.251 e. The predicted octanol–water partition coefficient (Wildman–Crippen LogP) is 1.22. The van der Waals surface area contributed by atoms with Crippen molar-refractivity contribution < 1.29 is 9.90 Å². The smallest absolute Gasteiger partial charge is 0.251 e. The topological polar surface area (TPSA) is 75.4 Å². The molecule has 0 saturated heterocycles. The van der Waals surface area contributed by atoms with Gasteiger partial charge in [0.15, 0.2) is 0 Å². The van der Waals surface area contributed by atoms with Crippen LogP contribution >= 0.6 is 0 Å². The van der Waals surface area contributed by atoms with E-state index in [4.69, 9.17) is 5.73 Å². The number of rotatable bonds is 4. The normalized spacial score (nSPS) is 23.1. The number of carbonyl (C=O) groups is 1. The van der Waals surface area contributed by atoms with E-state index in [9.17, 15) is 9.90 Å². The van der Waals surface area contributed by atoms with Crippen molar-refractivity contribution in [3.05, 3.63) is 35.4 Å². The summed E-state index contributed by atoms with van der Waals surface area (Å²) < 4.78 is 0. The summed E-state index contributed by atoms with van der Waals surface area (Å²) in [6.45, 7) is 0.611. The van der Waals surface area contributed by atoms with Gasteiger partial charge in [0.05, 0.1) is 12.1 Å². The molecule has 0 heterocycles. The molecule has 4 nitrogen and oxygen atoms in total. The molecule has 1 aromatic carbocycles. The average Bonchev–Trinajstić information content (AvgIpc) is 2.42. The number of nitrogens with one attached hydrogen (secondary N) is 1. The fourth-order valence-corrected chi connectivity index (χ4v) is 2.52. The number of aliphatic hydroxyl groups is 1. The quantitative estimate of drug-likeness (QED) is 0.763. The van der Waals surface area contributed by atoms with E-state index in [0.717, 1.165) is 37.7 Å². The molecule has 1 aliphatic rings. The molecule has 1 fully saturated rings. The summed E-state index contributed by atoms with van der Waals surface area (Å²) in [5.74, 6) is -0.106. The molecule has 0 radical (unpaired) electrons. The van der Waals surface area contributed by atoms with E-state index in [1.807, 2.05) is 24.3 Å². The lowest BCUT2D eigenvalue weighted by Crippen LogP contribution is -2.45. The number of benzene rings is 1. The van der Waals surface area contributed by atoms with Crippen LogP contribution in [0.2, 0.25) is 0 Å². The Morgan fingerprint density at radius 1 is 1.26 bits per heavy atom. The van der Waals surface area contributed by atoms with Crippen LogP contribution in [0.1, 0.15) is 41.6 Å². The Morgan fingerprint density at radius 2 is 1.95 bits per heavy atom. The highest BCUT2D eigenvalue weighted by molar-refractivity contribution is 5.94. The lowest BCUT2D eigenvalue weighted by Gasteiger charge is -2.28. The second-order valence-electron chi connectivity index (χ2n) is 5.17. The lowest BCUT2D eigenvalue weighted by molar-refractivity contribution is 0.0717. The summed E-state index contributed by atoms with van der Waals surface area (Å²) in [6.07, 6.45) is 4.16. The maximum atomic E-state index is 12.1. The highest BCUT2D eigenvalue weighted by Crippen LogP contribution is 2.18. The second-order valence-corrected chi connectivity index (χ2v) is 5.17. The summed E-state index contributed by atoms with van der Waals surface area (Å²) in [7, 11) is 0. The van der Waals surface area contributed by atoms with Gasteiger partial charge in [0.2, 0.25) is 0 Å². The molecule has 1 aromatic rings. The fraction of sp³-hybridized carbons (Fsp3) is 0.533. The zero-order valence-electron chi connectivity index (χ0n) is 11.1. The first-order valence-electron chi connectivity index (χ1n) is 6.98. The van der Waals surface area contributed by atoms with E-state index >= 15 is 0 Å². The van der Waals surface area contributed by atoms with E-state index in [0.29, 0.717) is 12.1 Å². The molecule has 0 spiro atoms. The van der Waals surface area contributed by atoms with Crippen LogP contribution in [0.4, 0.5) is 0 Å². The number of aliphatic hydroxyl groups excluding tert-OH is 1. The highest BCUT2D eigenvalue weighted by atomic mass is 16.3. The van der Waals surface area contributed by atoms with E-state index in [1.165, 1.54) is 0 Å². The highest BCUT2D eigenvalue weighted by Gasteiger charge is 2.24. The molecule has 2 rings (SSSR count). The van der Waals surface area contributed by atoms with Gasteiger partial charge in [-0.05, 0) is 43.5 Å². The number of hydrogen-bond acceptors (Lipinski definition) is 3. The van der Waals surface area contributed by atoms with Crippen molar-refractivity contribution in [2.45, 2.75) is 44.2 Å². The van der Waals surface area contributed by atoms with Crippen molar-refractivity contribution >= 4 is 5.91 Å². The van der Waals surface area contributed by atoms with Gasteiger partial charge >= 0.3 is 0 Å². The van der Waals surface area contributed by atoms with Gasteiger partial charge in [-0.2, -0.15) is 0 Å². The molecule has 4 heteroatoms. The molecule has 104 valence electrons. The van der Waals surface area contributed by atoms with Crippen LogP contribution in [0.15, 0.2) is 24.3 Å². The van der Waals surface area contributed by atoms with Crippen LogP contribution < -0.4 is 11.1 Å². The van der Waals surface area contributed by atoms with Gasteiger partial charge in [-0.15, -0.1) is 0 Å². The van der Waals surface area contributed by atoms with E-state index < -0.39 is 6.10 Å². The molecule has 19 heavy (non-hydrogen) atoms. The van der Waals surface area contributed by atoms with Crippen LogP contribution in [-0.2, 0) is 6.42 Å². The Bertz CT molecular complexity index is 417. The zero-order chi connectivity index (χ0) is 13.7. The fourth-order valence-electron chi connectivity index (χ4n) is 2.52. The minimum absolute atomic E-state index is 0.106. The standard InChI is InChI=1S/C15H22N2O2/c16-10-9-11-5-7-12(8-6-11)15(19)17-13-3-1-2-4-14(13)18/h5-8,13-14,18H,1-4,9-10,16H2,(H,17,19). The molecule has 0 aliphatic heterocycles. The monoisotopic (exact) mass is 262 g/mol. The van der Waals surface area contributed by atoms with Crippen LogP contribution in [0, 0.1) is 0 Å². The Hall–Kier alpha value is -1.39. The van der Waals surface area contributed by atoms with Gasteiger partial charge in [0, 0.05) is 5.56 Å². The van der Waals surface area contributed by atoms with Crippen molar-refractivity contribution in [2.75, 3.05) is 6.54 Å². The van der Waals surface area contributed by atoms with Crippen molar-refractivity contribution in [3.8, 4) is 0 Å². The first-order chi connectivity index (χ1) is 9.20. The second kappa shape index (κ2) is 6.68. The van der Waals surface area contributed by atoms with Crippen LogP contribution in [0.25, 0.3) is 0 Å². The van der Waals surface area contributed by atoms with Crippen LogP contribution in [0.5, 0.6) is 0 Å². The minimum Gasteiger partial charge on any atom is -0.391 e. The number of amides is 1. The number of carbonyl (C=O) groups excluding carboxylic acids is 1. The van der Waals surface area contributed by atoms with Crippen LogP contribution in [-0.4, -0.2) is 29.7 Å². The lowest BCUT2D eigenvalue weighted by atomic mass is 9.92. The summed E-state index contributed by atoms with van der Waals surface area (Å²) >= 11 is 0. The third-order valence-electron chi connectivity index (χ3n) is 3.70. The molecule has 1 aliphatic carbocycles. The van der Waals surface area contributed by atoms with Gasteiger partial charge in [-0.3, -0.25) is 4.79 Å². The maximum absolute atomic E-state index is 12.1. The molecule has 0 aromatic heterocycles. The van der Waals surface area contributed by atoms with Gasteiger partial charge in [-0.25, -0.2) is 0 Å². The molecule has 1 saturated carbocycles. The number of nitrogens with two attached hydrogens (primary N) is 1. The first kappa shape index (κ1) is 14.0. The van der Waals surface area contributed by atoms with Crippen molar-refractivity contribution in [1.82, 2.24) is 5.32 Å². The summed E-state index contributed by atoms with van der Waals surface area (Å²) in [5, 5.41) is 12.8. The van der Waals surface area contributed by atoms with Gasteiger partial charge < -0.3 is 16.2 Å². The third kappa shape index (κ3) is 3.78. The Labute approximate surface area is 114 Å². The zero-order valence-corrected chi connectivity index (χ0v) is 11.1. The Kier molecular flexibility index (Phi) is 4.93. The van der Waals surface area contributed by atoms with Gasteiger partial charge in [0.1, 0.15) is 0 Å². The Morgan fingerprint density at radius 3 is 2.58 bits per heavy atom. The van der Waals surface area contributed by atoms with E-state index in [2.05, 4.69) is 5.32 Å². The molecular formula is C15H22N2O2. The molecule has 2 atom stereocenters. The number of hydrogen-bond donors (Lipinski definition) is 3. The van der Waals surface area contributed by atoms with Crippen molar-refractivity contribution in [2.24, 2.45) is 5.73 Å². The largest absolute Gasteiger partial charge is 0.391 e. The molecule has 1 amide bonds. The summed E-state index contributed by atoms with van der Waals surface area (Å²) in [5.41, 5.74) is 7.26. The Balaban J connectivity index is 1.95. The van der Waals surface area contributed by atoms with Gasteiger partial charge in [0.25, 0.3) is 5.91 Å². The van der Waals surface area contributed by atoms with E-state index in [-0.39, 0.29) is 11.9 Å². The average molecular weight is 262 g/mol. The summed E-state index contributed by atoms with van der Waals surface area (Å²) in [6, 6.07) is 7.38. The van der Waals surface area contributed by atoms with Crippen molar-refractivity contribution in [3.63, 3.8) is 0 Å². The predicted molar refractivity (Wildman–Crippen MR) is 74.9 cm³/mol. The minimum atomic E-state index is -0.408. The van der Waals surface area contributed by atoms with Crippen molar-refractivity contribution in [1.29, 1.82) is 0 Å². The first-order valence-corrected chi connectivity index (χ1v) is 6.98.